The number of urea groups is 1. The Hall–Kier alpha value is -0.420. The fourth-order valence-corrected chi connectivity index (χ4v) is 2.10. The molecule has 0 spiro atoms. The normalized spacial score (nSPS) is 21.5. The van der Waals surface area contributed by atoms with Gasteiger partial charge in [-0.3, -0.25) is 0 Å². The van der Waals surface area contributed by atoms with Crippen molar-refractivity contribution in [3.05, 3.63) is 0 Å². The summed E-state index contributed by atoms with van der Waals surface area (Å²) in [7, 11) is 0. The van der Waals surface area contributed by atoms with Gasteiger partial charge in [-0.1, -0.05) is 0 Å². The van der Waals surface area contributed by atoms with Gasteiger partial charge in [0, 0.05) is 19.6 Å². The molecule has 4 nitrogen and oxygen atoms in total. The molecule has 1 unspecified atom stereocenters. The topological polar surface area (TPSA) is 52.6 Å². The van der Waals surface area contributed by atoms with E-state index in [4.69, 9.17) is 0 Å². The number of piperidine rings is 1. The summed E-state index contributed by atoms with van der Waals surface area (Å²) in [5, 5.41) is 12.3. The predicted octanol–water partition coefficient (Wildman–Crippen LogP) is 0.906. The van der Waals surface area contributed by atoms with Gasteiger partial charge in [-0.25, -0.2) is 4.79 Å². The van der Waals surface area contributed by atoms with Gasteiger partial charge in [0.1, 0.15) is 0 Å². The Morgan fingerprint density at radius 2 is 2.47 bits per heavy atom. The van der Waals surface area contributed by atoms with Gasteiger partial charge >= 0.3 is 6.03 Å². The highest BCUT2D eigenvalue weighted by atomic mass is 32.2. The molecule has 5 heteroatoms. The molecule has 0 aromatic rings. The largest absolute Gasteiger partial charge is 0.391 e. The van der Waals surface area contributed by atoms with Crippen molar-refractivity contribution >= 4 is 17.8 Å². The monoisotopic (exact) mass is 232 g/mol. The lowest BCUT2D eigenvalue weighted by atomic mass is 10.1. The van der Waals surface area contributed by atoms with Crippen LogP contribution in [0, 0.1) is 0 Å². The van der Waals surface area contributed by atoms with Crippen molar-refractivity contribution in [2.75, 3.05) is 31.6 Å². The summed E-state index contributed by atoms with van der Waals surface area (Å²) >= 11 is 1.78. The van der Waals surface area contributed by atoms with E-state index in [1.54, 1.807) is 16.7 Å². The summed E-state index contributed by atoms with van der Waals surface area (Å²) in [5.41, 5.74) is 0. The zero-order valence-corrected chi connectivity index (χ0v) is 10.1. The number of β-amino-alcohol motifs (C(OH)–C–C–N with tert-alkyl or cyclic N) is 1. The Kier molecular flexibility index (Phi) is 5.86. The lowest BCUT2D eigenvalue weighted by molar-refractivity contribution is 0.0843. The first kappa shape index (κ1) is 12.6. The van der Waals surface area contributed by atoms with E-state index >= 15 is 0 Å². The molecule has 0 bridgehead atoms. The van der Waals surface area contributed by atoms with Crippen LogP contribution in [0.15, 0.2) is 0 Å². The van der Waals surface area contributed by atoms with Crippen molar-refractivity contribution < 1.29 is 9.90 Å². The molecule has 88 valence electrons. The van der Waals surface area contributed by atoms with Gasteiger partial charge < -0.3 is 15.3 Å². The van der Waals surface area contributed by atoms with Crippen LogP contribution in [0.4, 0.5) is 4.79 Å². The molecular weight excluding hydrogens is 212 g/mol. The van der Waals surface area contributed by atoms with Gasteiger partial charge in [-0.15, -0.1) is 0 Å². The number of carbonyl (C=O) groups is 1. The molecule has 2 amide bonds. The van der Waals surface area contributed by atoms with E-state index in [-0.39, 0.29) is 12.1 Å². The predicted molar refractivity (Wildman–Crippen MR) is 63.2 cm³/mol. The van der Waals surface area contributed by atoms with Crippen molar-refractivity contribution in [2.24, 2.45) is 0 Å². The van der Waals surface area contributed by atoms with Gasteiger partial charge in [0.15, 0.2) is 0 Å². The molecule has 1 aliphatic rings. The second-order valence-electron chi connectivity index (χ2n) is 3.82. The minimum atomic E-state index is -0.337. The van der Waals surface area contributed by atoms with Crippen LogP contribution in [0.1, 0.15) is 19.3 Å². The Morgan fingerprint density at radius 1 is 1.67 bits per heavy atom. The molecule has 1 fully saturated rings. The van der Waals surface area contributed by atoms with Gasteiger partial charge in [-0.05, 0) is 31.3 Å². The number of thioether (sulfide) groups is 1. The zero-order valence-electron chi connectivity index (χ0n) is 9.24. The van der Waals surface area contributed by atoms with Crippen LogP contribution in [0.2, 0.25) is 0 Å². The smallest absolute Gasteiger partial charge is 0.317 e. The summed E-state index contributed by atoms with van der Waals surface area (Å²) in [6, 6.07) is -0.0325. The molecule has 0 radical (unpaired) electrons. The summed E-state index contributed by atoms with van der Waals surface area (Å²) < 4.78 is 0. The molecule has 0 aromatic heterocycles. The van der Waals surface area contributed by atoms with Crippen LogP contribution < -0.4 is 5.32 Å². The van der Waals surface area contributed by atoms with Gasteiger partial charge in [0.05, 0.1) is 6.10 Å². The third-order valence-corrected chi connectivity index (χ3v) is 3.18. The van der Waals surface area contributed by atoms with Crippen molar-refractivity contribution in [1.82, 2.24) is 10.2 Å². The van der Waals surface area contributed by atoms with E-state index in [9.17, 15) is 9.90 Å². The van der Waals surface area contributed by atoms with Crippen LogP contribution >= 0.6 is 11.8 Å². The highest BCUT2D eigenvalue weighted by Crippen LogP contribution is 2.09. The third kappa shape index (κ3) is 4.75. The fraction of sp³-hybridized carbons (Fsp3) is 0.900. The Bertz CT molecular complexity index is 202. The Labute approximate surface area is 95.4 Å². The molecule has 0 saturated carbocycles. The van der Waals surface area contributed by atoms with Crippen molar-refractivity contribution in [3.63, 3.8) is 0 Å². The lowest BCUT2D eigenvalue weighted by Crippen LogP contribution is -2.47. The average molecular weight is 232 g/mol. The number of nitrogens with zero attached hydrogens (tertiary/aromatic N) is 1. The number of rotatable bonds is 4. The number of likely N-dealkylation sites (tertiary alicyclic amines) is 1. The molecule has 0 aliphatic carbocycles. The van der Waals surface area contributed by atoms with Crippen molar-refractivity contribution in [2.45, 2.75) is 25.4 Å². The summed E-state index contributed by atoms with van der Waals surface area (Å²) in [6.07, 6.45) is 4.44. The maximum atomic E-state index is 11.6. The lowest BCUT2D eigenvalue weighted by Gasteiger charge is -2.30. The van der Waals surface area contributed by atoms with Gasteiger partial charge in [0.25, 0.3) is 0 Å². The number of carbonyl (C=O) groups excluding carboxylic acids is 1. The number of hydrogen-bond acceptors (Lipinski definition) is 3. The summed E-state index contributed by atoms with van der Waals surface area (Å²) in [6.45, 7) is 1.98. The number of nitrogens with one attached hydrogen (secondary N) is 1. The number of hydrogen-bond donors (Lipinski definition) is 2. The van der Waals surface area contributed by atoms with Crippen LogP contribution in [-0.2, 0) is 0 Å². The highest BCUT2D eigenvalue weighted by molar-refractivity contribution is 7.98. The van der Waals surface area contributed by atoms with Crippen LogP contribution in [0.25, 0.3) is 0 Å². The van der Waals surface area contributed by atoms with Crippen LogP contribution in [0.5, 0.6) is 0 Å². The number of amides is 2. The van der Waals surface area contributed by atoms with E-state index in [0.29, 0.717) is 6.54 Å². The SMILES string of the molecule is CSCCCNC(=O)N1CCCC(O)C1. The molecule has 2 N–H and O–H groups in total. The van der Waals surface area contributed by atoms with E-state index in [0.717, 1.165) is 38.1 Å². The quantitative estimate of drug-likeness (QED) is 0.708. The number of aliphatic hydroxyl groups excluding tert-OH is 1. The maximum absolute atomic E-state index is 11.6. The first-order chi connectivity index (χ1) is 7.24. The van der Waals surface area contributed by atoms with E-state index in [1.165, 1.54) is 0 Å². The average Bonchev–Trinajstić information content (AvgIpc) is 2.24. The van der Waals surface area contributed by atoms with Crippen LogP contribution in [-0.4, -0.2) is 53.8 Å². The van der Waals surface area contributed by atoms with E-state index < -0.39 is 0 Å². The standard InChI is InChI=1S/C10H20N2O2S/c1-15-7-3-5-11-10(14)12-6-2-4-9(13)8-12/h9,13H,2-8H2,1H3,(H,11,14). The van der Waals surface area contributed by atoms with E-state index in [1.807, 2.05) is 0 Å². The van der Waals surface area contributed by atoms with Crippen molar-refractivity contribution in [3.8, 4) is 0 Å². The second kappa shape index (κ2) is 6.95. The molecule has 15 heavy (non-hydrogen) atoms. The molecule has 1 aliphatic heterocycles. The first-order valence-electron chi connectivity index (χ1n) is 5.44. The second-order valence-corrected chi connectivity index (χ2v) is 4.81. The minimum absolute atomic E-state index is 0.0325. The Morgan fingerprint density at radius 3 is 3.13 bits per heavy atom. The first-order valence-corrected chi connectivity index (χ1v) is 6.83. The van der Waals surface area contributed by atoms with Gasteiger partial charge in [0.2, 0.25) is 0 Å². The molecule has 1 rings (SSSR count). The molecular formula is C10H20N2O2S. The molecule has 1 saturated heterocycles. The van der Waals surface area contributed by atoms with Crippen LogP contribution in [0.3, 0.4) is 0 Å². The molecule has 0 aromatic carbocycles. The summed E-state index contributed by atoms with van der Waals surface area (Å²) in [4.78, 5) is 13.3. The maximum Gasteiger partial charge on any atom is 0.317 e. The fourth-order valence-electron chi connectivity index (χ4n) is 1.66. The van der Waals surface area contributed by atoms with E-state index in [2.05, 4.69) is 11.6 Å². The summed E-state index contributed by atoms with van der Waals surface area (Å²) in [5.74, 6) is 1.07. The minimum Gasteiger partial charge on any atom is -0.391 e. The Balaban J connectivity index is 2.15. The number of aliphatic hydroxyl groups is 1. The van der Waals surface area contributed by atoms with Crippen molar-refractivity contribution in [1.29, 1.82) is 0 Å². The zero-order chi connectivity index (χ0) is 11.1. The third-order valence-electron chi connectivity index (χ3n) is 2.49. The van der Waals surface area contributed by atoms with Gasteiger partial charge in [-0.2, -0.15) is 11.8 Å². The highest BCUT2D eigenvalue weighted by Gasteiger charge is 2.21. The molecule has 1 atom stereocenters. The molecule has 1 heterocycles.